The molecule has 0 radical (unpaired) electrons. The molecule has 0 bridgehead atoms. The standard InChI is InChI=1S/C13H18O9S.Na/c14-6-9-12(22-23(17,18)19)10(15)11(16)13(21-9)20-7-8-4-2-1-3-5-8;/h1-5,9-16H,6-7H2,(H,17,18,19);/q;+1/p-1/t9-,10-,11-,12+,13-;/m1./s1. The Balaban J connectivity index is 0.00000288. The molecule has 5 atom stereocenters. The van der Waals surface area contributed by atoms with Crippen LogP contribution in [0.1, 0.15) is 5.56 Å². The average molecular weight is 372 g/mol. The van der Waals surface area contributed by atoms with Crippen LogP contribution in [-0.2, 0) is 30.7 Å². The van der Waals surface area contributed by atoms with E-state index in [1.165, 1.54) is 0 Å². The SMILES string of the molecule is O=S(=O)([O-])O[C@@H]1[C@H](O)[C@@H](O)[C@H](OCc2ccccc2)O[C@@H]1CO.[Na+]. The van der Waals surface area contributed by atoms with Crippen molar-refractivity contribution in [2.45, 2.75) is 37.3 Å². The van der Waals surface area contributed by atoms with Gasteiger partial charge in [0, 0.05) is 0 Å². The molecular weight excluding hydrogens is 355 g/mol. The van der Waals surface area contributed by atoms with Crippen molar-refractivity contribution in [3.8, 4) is 0 Å². The van der Waals surface area contributed by atoms with E-state index in [9.17, 15) is 28.3 Å². The van der Waals surface area contributed by atoms with Gasteiger partial charge in [-0.3, -0.25) is 4.18 Å². The average Bonchev–Trinajstić information content (AvgIpc) is 2.51. The fraction of sp³-hybridized carbons (Fsp3) is 0.538. The molecule has 1 saturated heterocycles. The van der Waals surface area contributed by atoms with Crippen LogP contribution in [0.15, 0.2) is 30.3 Å². The van der Waals surface area contributed by atoms with Gasteiger partial charge in [0.15, 0.2) is 6.29 Å². The van der Waals surface area contributed by atoms with Gasteiger partial charge < -0.3 is 29.3 Å². The fourth-order valence-electron chi connectivity index (χ4n) is 2.20. The van der Waals surface area contributed by atoms with E-state index in [0.29, 0.717) is 0 Å². The van der Waals surface area contributed by atoms with Gasteiger partial charge in [-0.2, -0.15) is 0 Å². The van der Waals surface area contributed by atoms with Crippen LogP contribution in [0.25, 0.3) is 0 Å². The molecule has 2 rings (SSSR count). The molecule has 1 heterocycles. The first kappa shape index (κ1) is 21.9. The molecule has 0 amide bonds. The minimum Gasteiger partial charge on any atom is -0.726 e. The Kier molecular flexibility index (Phi) is 8.73. The summed E-state index contributed by atoms with van der Waals surface area (Å²) in [4.78, 5) is 0. The second-order valence-corrected chi connectivity index (χ2v) is 5.98. The molecule has 24 heavy (non-hydrogen) atoms. The number of ether oxygens (including phenoxy) is 2. The number of benzene rings is 1. The Morgan fingerprint density at radius 3 is 2.33 bits per heavy atom. The van der Waals surface area contributed by atoms with Gasteiger partial charge in [-0.1, -0.05) is 30.3 Å². The number of rotatable bonds is 6. The molecule has 0 saturated carbocycles. The third-order valence-electron chi connectivity index (χ3n) is 3.31. The van der Waals surface area contributed by atoms with Crippen molar-refractivity contribution in [1.29, 1.82) is 0 Å². The Hall–Kier alpha value is -0.110. The maximum Gasteiger partial charge on any atom is 1.00 e. The summed E-state index contributed by atoms with van der Waals surface area (Å²) < 4.78 is 46.7. The van der Waals surface area contributed by atoms with E-state index in [1.54, 1.807) is 24.3 Å². The summed E-state index contributed by atoms with van der Waals surface area (Å²) in [5, 5.41) is 29.1. The van der Waals surface area contributed by atoms with E-state index in [4.69, 9.17) is 9.47 Å². The van der Waals surface area contributed by atoms with Gasteiger partial charge in [0.25, 0.3) is 0 Å². The van der Waals surface area contributed by atoms with Crippen LogP contribution in [0, 0.1) is 0 Å². The smallest absolute Gasteiger partial charge is 0.726 e. The van der Waals surface area contributed by atoms with Crippen molar-refractivity contribution >= 4 is 10.4 Å². The minimum atomic E-state index is -5.15. The monoisotopic (exact) mass is 372 g/mol. The second kappa shape index (κ2) is 9.55. The summed E-state index contributed by atoms with van der Waals surface area (Å²) >= 11 is 0. The van der Waals surface area contributed by atoms with Gasteiger partial charge in [-0.25, -0.2) is 8.42 Å². The first-order chi connectivity index (χ1) is 10.8. The predicted octanol–water partition coefficient (Wildman–Crippen LogP) is -4.51. The Morgan fingerprint density at radius 2 is 1.79 bits per heavy atom. The molecule has 9 nitrogen and oxygen atoms in total. The maximum absolute atomic E-state index is 10.7. The summed E-state index contributed by atoms with van der Waals surface area (Å²) in [5.41, 5.74) is 0.777. The Bertz CT molecular complexity index is 595. The zero-order chi connectivity index (χ0) is 17.0. The zero-order valence-corrected chi connectivity index (χ0v) is 15.7. The van der Waals surface area contributed by atoms with Crippen LogP contribution >= 0.6 is 0 Å². The van der Waals surface area contributed by atoms with Crippen LogP contribution in [0.4, 0.5) is 0 Å². The van der Waals surface area contributed by atoms with Crippen molar-refractivity contribution < 1.29 is 71.5 Å². The first-order valence-corrected chi connectivity index (χ1v) is 8.07. The second-order valence-electron chi connectivity index (χ2n) is 4.97. The summed E-state index contributed by atoms with van der Waals surface area (Å²) in [6, 6.07) is 8.92. The summed E-state index contributed by atoms with van der Waals surface area (Å²) in [6.07, 6.45) is -7.85. The van der Waals surface area contributed by atoms with E-state index in [1.807, 2.05) is 6.07 Å². The molecule has 130 valence electrons. The molecule has 1 aliphatic heterocycles. The van der Waals surface area contributed by atoms with Gasteiger partial charge in [-0.15, -0.1) is 0 Å². The summed E-state index contributed by atoms with van der Waals surface area (Å²) in [5.74, 6) is 0. The van der Waals surface area contributed by atoms with Crippen molar-refractivity contribution in [1.82, 2.24) is 0 Å². The minimum absolute atomic E-state index is 0. The fourth-order valence-corrected chi connectivity index (χ4v) is 2.71. The molecule has 1 aromatic carbocycles. The van der Waals surface area contributed by atoms with E-state index < -0.39 is 47.7 Å². The quantitative estimate of drug-likeness (QED) is 0.255. The first-order valence-electron chi connectivity index (χ1n) is 6.74. The Morgan fingerprint density at radius 1 is 1.17 bits per heavy atom. The molecule has 0 spiro atoms. The van der Waals surface area contributed by atoms with Crippen LogP contribution in [0.5, 0.6) is 0 Å². The van der Waals surface area contributed by atoms with E-state index in [0.717, 1.165) is 5.56 Å². The van der Waals surface area contributed by atoms with E-state index in [2.05, 4.69) is 4.18 Å². The van der Waals surface area contributed by atoms with Crippen molar-refractivity contribution in [2.24, 2.45) is 0 Å². The van der Waals surface area contributed by atoms with E-state index in [-0.39, 0.29) is 36.2 Å². The van der Waals surface area contributed by atoms with Gasteiger partial charge in [0.2, 0.25) is 10.4 Å². The molecule has 0 unspecified atom stereocenters. The zero-order valence-electron chi connectivity index (χ0n) is 12.9. The maximum atomic E-state index is 10.7. The van der Waals surface area contributed by atoms with Crippen molar-refractivity contribution in [3.63, 3.8) is 0 Å². The largest absolute Gasteiger partial charge is 1.00 e. The molecule has 1 aromatic rings. The van der Waals surface area contributed by atoms with Crippen LogP contribution in [0.2, 0.25) is 0 Å². The number of hydrogen-bond acceptors (Lipinski definition) is 9. The summed E-state index contributed by atoms with van der Waals surface area (Å²) in [7, 11) is -5.15. The van der Waals surface area contributed by atoms with Crippen LogP contribution in [0.3, 0.4) is 0 Å². The number of hydrogen-bond donors (Lipinski definition) is 3. The molecule has 3 N–H and O–H groups in total. The number of aliphatic hydroxyl groups is 3. The number of aliphatic hydroxyl groups excluding tert-OH is 3. The van der Waals surface area contributed by atoms with Crippen LogP contribution < -0.4 is 29.6 Å². The molecule has 1 fully saturated rings. The molecular formula is C13H17NaO9S. The van der Waals surface area contributed by atoms with Gasteiger partial charge in [0.05, 0.1) is 13.2 Å². The third-order valence-corrected chi connectivity index (χ3v) is 3.76. The van der Waals surface area contributed by atoms with Gasteiger partial charge >= 0.3 is 29.6 Å². The van der Waals surface area contributed by atoms with Crippen molar-refractivity contribution in [2.75, 3.05) is 6.61 Å². The van der Waals surface area contributed by atoms with Gasteiger partial charge in [-0.05, 0) is 5.56 Å². The topological polar surface area (TPSA) is 146 Å². The van der Waals surface area contributed by atoms with E-state index >= 15 is 0 Å². The van der Waals surface area contributed by atoms with Crippen molar-refractivity contribution in [3.05, 3.63) is 35.9 Å². The Labute approximate surface area is 161 Å². The normalized spacial score (nSPS) is 30.6. The molecule has 11 heteroatoms. The predicted molar refractivity (Wildman–Crippen MR) is 73.6 cm³/mol. The van der Waals surface area contributed by atoms with Gasteiger partial charge in [0.1, 0.15) is 24.4 Å². The summed E-state index contributed by atoms with van der Waals surface area (Å²) in [6.45, 7) is -0.687. The molecule has 0 aromatic heterocycles. The molecule has 0 aliphatic carbocycles. The van der Waals surface area contributed by atoms with Crippen LogP contribution in [-0.4, -0.2) is 65.6 Å². The molecule has 1 aliphatic rings. The third kappa shape index (κ3) is 6.00.